The van der Waals surface area contributed by atoms with Crippen molar-refractivity contribution in [3.63, 3.8) is 0 Å². The number of ether oxygens (including phenoxy) is 1. The van der Waals surface area contributed by atoms with E-state index in [0.29, 0.717) is 18.2 Å². The fourth-order valence-corrected chi connectivity index (χ4v) is 1.79. The van der Waals surface area contributed by atoms with Crippen molar-refractivity contribution < 1.29 is 18.0 Å². The Kier molecular flexibility index (Phi) is 3.60. The first-order chi connectivity index (χ1) is 9.72. The van der Waals surface area contributed by atoms with E-state index in [-0.39, 0.29) is 12.4 Å². The van der Waals surface area contributed by atoms with Crippen molar-refractivity contribution in [2.24, 2.45) is 0 Å². The number of nitrogens with zero attached hydrogens (tertiary/aromatic N) is 2. The van der Waals surface area contributed by atoms with Crippen molar-refractivity contribution >= 4 is 0 Å². The van der Waals surface area contributed by atoms with Gasteiger partial charge in [-0.2, -0.15) is 4.98 Å². The predicted octanol–water partition coefficient (Wildman–Crippen LogP) is 2.18. The zero-order chi connectivity index (χ0) is 13.9. The van der Waals surface area contributed by atoms with Gasteiger partial charge in [0.05, 0.1) is 0 Å². The van der Waals surface area contributed by atoms with Gasteiger partial charge in [-0.3, -0.25) is 0 Å². The van der Waals surface area contributed by atoms with Crippen LogP contribution in [0.1, 0.15) is 24.2 Å². The minimum Gasteiger partial charge on any atom is -0.479 e. The van der Waals surface area contributed by atoms with Gasteiger partial charge in [-0.15, -0.1) is 0 Å². The highest BCUT2D eigenvalue weighted by Crippen LogP contribution is 2.25. The van der Waals surface area contributed by atoms with Gasteiger partial charge in [0.25, 0.3) is 0 Å². The molecule has 3 rings (SSSR count). The number of benzene rings is 1. The maximum absolute atomic E-state index is 13.8. The van der Waals surface area contributed by atoms with Crippen molar-refractivity contribution in [2.75, 3.05) is 0 Å². The summed E-state index contributed by atoms with van der Waals surface area (Å²) in [5, 5.41) is 6.69. The topological polar surface area (TPSA) is 60.2 Å². The second-order valence-electron chi connectivity index (χ2n) is 4.68. The van der Waals surface area contributed by atoms with Gasteiger partial charge in [0.15, 0.2) is 24.0 Å². The summed E-state index contributed by atoms with van der Waals surface area (Å²) < 4.78 is 37.2. The molecule has 1 aromatic heterocycles. The quantitative estimate of drug-likeness (QED) is 0.879. The lowest BCUT2D eigenvalue weighted by Crippen LogP contribution is -2.15. The van der Waals surface area contributed by atoms with Crippen LogP contribution in [-0.4, -0.2) is 16.2 Å². The Morgan fingerprint density at radius 2 is 2.05 bits per heavy atom. The van der Waals surface area contributed by atoms with E-state index in [4.69, 9.17) is 4.74 Å². The molecule has 0 radical (unpaired) electrons. The smallest absolute Gasteiger partial charge is 0.213 e. The summed E-state index contributed by atoms with van der Waals surface area (Å²) in [7, 11) is 0. The summed E-state index contributed by atoms with van der Waals surface area (Å²) in [6, 6.07) is 3.02. The maximum atomic E-state index is 13.8. The molecule has 7 heteroatoms. The van der Waals surface area contributed by atoms with Crippen molar-refractivity contribution in [3.05, 3.63) is 41.5 Å². The Morgan fingerprint density at radius 1 is 1.30 bits per heavy atom. The summed E-state index contributed by atoms with van der Waals surface area (Å²) in [5.41, 5.74) is 0.554. The molecular weight excluding hydrogens is 268 g/mol. The van der Waals surface area contributed by atoms with Crippen molar-refractivity contribution in [2.45, 2.75) is 32.0 Å². The van der Waals surface area contributed by atoms with Gasteiger partial charge in [0.1, 0.15) is 0 Å². The van der Waals surface area contributed by atoms with Gasteiger partial charge in [0.2, 0.25) is 12.2 Å². The number of nitrogens with one attached hydrogen (secondary N) is 1. The lowest BCUT2D eigenvalue weighted by atomic mass is 10.2. The minimum absolute atomic E-state index is 0.149. The Balaban J connectivity index is 1.67. The third kappa shape index (κ3) is 3.11. The third-order valence-corrected chi connectivity index (χ3v) is 2.98. The molecule has 106 valence electrons. The molecule has 2 aromatic rings. The third-order valence-electron chi connectivity index (χ3n) is 2.98. The normalized spacial score (nSPS) is 14.5. The lowest BCUT2D eigenvalue weighted by Gasteiger charge is -2.09. The highest BCUT2D eigenvalue weighted by atomic mass is 19.1. The average molecular weight is 281 g/mol. The second-order valence-corrected chi connectivity index (χ2v) is 4.68. The first-order valence-corrected chi connectivity index (χ1v) is 6.31. The number of rotatable bonds is 6. The zero-order valence-corrected chi connectivity index (χ0v) is 10.6. The average Bonchev–Trinajstić information content (AvgIpc) is 3.10. The zero-order valence-electron chi connectivity index (χ0n) is 10.6. The molecule has 1 heterocycles. The molecule has 0 aliphatic heterocycles. The number of hydrogen-bond donors (Lipinski definition) is 1. The molecule has 1 aliphatic carbocycles. The van der Waals surface area contributed by atoms with Crippen LogP contribution in [-0.2, 0) is 13.2 Å². The first kappa shape index (κ1) is 13.0. The van der Waals surface area contributed by atoms with Crippen LogP contribution in [0, 0.1) is 11.6 Å². The monoisotopic (exact) mass is 281 g/mol. The molecule has 1 fully saturated rings. The van der Waals surface area contributed by atoms with E-state index in [2.05, 4.69) is 20.0 Å². The van der Waals surface area contributed by atoms with Crippen LogP contribution in [0.5, 0.6) is 5.75 Å². The molecule has 0 spiro atoms. The second kappa shape index (κ2) is 5.54. The van der Waals surface area contributed by atoms with Crippen molar-refractivity contribution in [1.29, 1.82) is 0 Å². The Morgan fingerprint density at radius 3 is 2.65 bits per heavy atom. The van der Waals surface area contributed by atoms with Gasteiger partial charge in [-0.25, -0.2) is 8.78 Å². The summed E-state index contributed by atoms with van der Waals surface area (Å²) >= 11 is 0. The van der Waals surface area contributed by atoms with Crippen LogP contribution in [0.15, 0.2) is 23.0 Å². The van der Waals surface area contributed by atoms with E-state index in [0.717, 1.165) is 19.2 Å². The molecule has 0 atom stereocenters. The van der Waals surface area contributed by atoms with E-state index in [1.807, 2.05) is 0 Å². The highest BCUT2D eigenvalue weighted by Gasteiger charge is 2.21. The Bertz CT molecular complexity index is 562. The van der Waals surface area contributed by atoms with E-state index in [1.54, 1.807) is 0 Å². The lowest BCUT2D eigenvalue weighted by molar-refractivity contribution is 0.259. The van der Waals surface area contributed by atoms with Gasteiger partial charge >= 0.3 is 0 Å². The summed E-state index contributed by atoms with van der Waals surface area (Å²) in [5.74, 6) is -1.67. The van der Waals surface area contributed by atoms with E-state index in [1.165, 1.54) is 12.1 Å². The molecular formula is C13H13F2N3O2. The van der Waals surface area contributed by atoms with E-state index >= 15 is 0 Å². The molecule has 5 nitrogen and oxygen atoms in total. The molecule has 1 N–H and O–H groups in total. The Hall–Kier alpha value is -2.02. The molecule has 1 saturated carbocycles. The van der Waals surface area contributed by atoms with Crippen LogP contribution in [0.4, 0.5) is 8.78 Å². The fraction of sp³-hybridized carbons (Fsp3) is 0.385. The molecule has 0 unspecified atom stereocenters. The molecule has 1 aromatic carbocycles. The van der Waals surface area contributed by atoms with Gasteiger partial charge in [-0.05, 0) is 30.5 Å². The van der Waals surface area contributed by atoms with Crippen molar-refractivity contribution in [3.8, 4) is 5.75 Å². The minimum atomic E-state index is -0.735. The predicted molar refractivity (Wildman–Crippen MR) is 64.8 cm³/mol. The van der Waals surface area contributed by atoms with Gasteiger partial charge in [-0.1, -0.05) is 5.16 Å². The molecule has 0 bridgehead atoms. The van der Waals surface area contributed by atoms with Crippen LogP contribution in [0.25, 0.3) is 0 Å². The molecule has 0 saturated heterocycles. The Labute approximate surface area is 113 Å². The van der Waals surface area contributed by atoms with Crippen molar-refractivity contribution in [1.82, 2.24) is 15.5 Å². The van der Waals surface area contributed by atoms with Gasteiger partial charge < -0.3 is 14.6 Å². The first-order valence-electron chi connectivity index (χ1n) is 6.31. The maximum Gasteiger partial charge on any atom is 0.213 e. The van der Waals surface area contributed by atoms with Gasteiger partial charge in [0, 0.05) is 12.6 Å². The summed E-state index contributed by atoms with van der Waals surface area (Å²) in [4.78, 5) is 3.71. The van der Waals surface area contributed by atoms with Crippen LogP contribution in [0.2, 0.25) is 0 Å². The summed E-state index contributed by atoms with van der Waals surface area (Å²) in [6.07, 6.45) is 3.37. The number of aromatic nitrogens is 2. The molecule has 20 heavy (non-hydrogen) atoms. The number of halogens is 2. The highest BCUT2D eigenvalue weighted by molar-refractivity contribution is 5.31. The van der Waals surface area contributed by atoms with Crippen LogP contribution < -0.4 is 10.1 Å². The summed E-state index contributed by atoms with van der Waals surface area (Å²) in [6.45, 7) is 0.299. The number of hydrogen-bond acceptors (Lipinski definition) is 5. The largest absolute Gasteiger partial charge is 0.479 e. The van der Waals surface area contributed by atoms with Crippen LogP contribution in [0.3, 0.4) is 0 Å². The van der Waals surface area contributed by atoms with E-state index in [9.17, 15) is 8.78 Å². The molecule has 1 aliphatic rings. The van der Waals surface area contributed by atoms with Crippen LogP contribution >= 0.6 is 0 Å². The van der Waals surface area contributed by atoms with E-state index < -0.39 is 17.4 Å². The molecule has 0 amide bonds. The standard InChI is InChI=1S/C13H13F2N3O2/c14-10-3-8(5-16-9-1-2-9)4-11(15)13(10)19-6-12-17-7-20-18-12/h3-4,7,9,16H,1-2,5-6H2. The fourth-order valence-electron chi connectivity index (χ4n) is 1.79. The SMILES string of the molecule is Fc1cc(CNC2CC2)cc(F)c1OCc1ncon1.